The summed E-state index contributed by atoms with van der Waals surface area (Å²) in [4.78, 5) is 22.0. The SMILES string of the molecule is CCN(CC)CCN(C(=O)c1ccnn1C)c1nc2c(C)c(Cl)ccc2s1. The highest BCUT2D eigenvalue weighted by Gasteiger charge is 2.24. The number of hydrogen-bond acceptors (Lipinski definition) is 5. The van der Waals surface area contributed by atoms with Gasteiger partial charge in [0, 0.05) is 31.4 Å². The van der Waals surface area contributed by atoms with E-state index in [1.165, 1.54) is 11.3 Å². The summed E-state index contributed by atoms with van der Waals surface area (Å²) in [5.74, 6) is -0.0926. The fourth-order valence-electron chi connectivity index (χ4n) is 2.99. The molecular formula is C19H24ClN5OS. The first-order valence-corrected chi connectivity index (χ1v) is 10.2. The van der Waals surface area contributed by atoms with Crippen LogP contribution >= 0.6 is 22.9 Å². The van der Waals surface area contributed by atoms with Gasteiger partial charge in [-0.1, -0.05) is 36.8 Å². The van der Waals surface area contributed by atoms with Gasteiger partial charge in [0.25, 0.3) is 5.91 Å². The molecule has 2 heterocycles. The molecule has 0 atom stereocenters. The third kappa shape index (κ3) is 4.00. The number of aromatic nitrogens is 3. The van der Waals surface area contributed by atoms with Crippen LogP contribution in [0.25, 0.3) is 10.2 Å². The van der Waals surface area contributed by atoms with Crippen LogP contribution in [0.15, 0.2) is 24.4 Å². The van der Waals surface area contributed by atoms with Crippen LogP contribution in [0.1, 0.15) is 29.9 Å². The molecule has 27 heavy (non-hydrogen) atoms. The number of halogens is 1. The molecule has 0 saturated heterocycles. The monoisotopic (exact) mass is 405 g/mol. The number of likely N-dealkylation sites (N-methyl/N-ethyl adjacent to an activating group) is 1. The molecule has 0 aliphatic carbocycles. The third-order valence-electron chi connectivity index (χ3n) is 4.79. The van der Waals surface area contributed by atoms with Gasteiger partial charge in [-0.3, -0.25) is 14.4 Å². The average molecular weight is 406 g/mol. The number of carbonyl (C=O) groups is 1. The van der Waals surface area contributed by atoms with E-state index in [-0.39, 0.29) is 5.91 Å². The van der Waals surface area contributed by atoms with Crippen LogP contribution in [0, 0.1) is 6.92 Å². The van der Waals surface area contributed by atoms with Crippen LogP contribution in [0.3, 0.4) is 0 Å². The summed E-state index contributed by atoms with van der Waals surface area (Å²) in [6, 6.07) is 5.58. The first-order valence-electron chi connectivity index (χ1n) is 9.04. The molecule has 2 aromatic heterocycles. The van der Waals surface area contributed by atoms with Gasteiger partial charge < -0.3 is 4.90 Å². The van der Waals surface area contributed by atoms with Crippen LogP contribution in [0.2, 0.25) is 5.02 Å². The van der Waals surface area contributed by atoms with E-state index in [0.29, 0.717) is 22.4 Å². The Labute approximate surface area is 168 Å². The second-order valence-electron chi connectivity index (χ2n) is 6.34. The standard InChI is InChI=1S/C19H24ClN5OS/c1-5-24(6-2)11-12-25(18(26)15-9-10-21-23(15)4)19-22-17-13(3)14(20)7-8-16(17)27-19/h7-10H,5-6,11-12H2,1-4H3. The van der Waals surface area contributed by atoms with E-state index < -0.39 is 0 Å². The first kappa shape index (κ1) is 19.8. The molecule has 3 rings (SSSR count). The van der Waals surface area contributed by atoms with Crippen molar-refractivity contribution in [2.45, 2.75) is 20.8 Å². The van der Waals surface area contributed by atoms with E-state index in [1.54, 1.807) is 28.9 Å². The highest BCUT2D eigenvalue weighted by Crippen LogP contribution is 2.34. The molecule has 0 spiro atoms. The molecule has 0 saturated carbocycles. The normalized spacial score (nSPS) is 11.5. The minimum atomic E-state index is -0.0926. The number of amides is 1. The molecule has 3 aromatic rings. The lowest BCUT2D eigenvalue weighted by atomic mass is 10.2. The van der Waals surface area contributed by atoms with E-state index in [1.807, 2.05) is 19.1 Å². The Morgan fingerprint density at radius 1 is 1.22 bits per heavy atom. The van der Waals surface area contributed by atoms with Crippen LogP contribution in [-0.2, 0) is 7.05 Å². The molecule has 144 valence electrons. The number of fused-ring (bicyclic) bond motifs is 1. The van der Waals surface area contributed by atoms with E-state index in [4.69, 9.17) is 16.6 Å². The van der Waals surface area contributed by atoms with E-state index in [0.717, 1.165) is 35.4 Å². The number of hydrogen-bond donors (Lipinski definition) is 0. The Kier molecular flexibility index (Phi) is 6.14. The van der Waals surface area contributed by atoms with Crippen molar-refractivity contribution in [3.63, 3.8) is 0 Å². The maximum atomic E-state index is 13.2. The lowest BCUT2D eigenvalue weighted by molar-refractivity contribution is 0.0974. The van der Waals surface area contributed by atoms with Gasteiger partial charge in [0.1, 0.15) is 5.69 Å². The Morgan fingerprint density at radius 2 is 1.96 bits per heavy atom. The van der Waals surface area contributed by atoms with Crippen molar-refractivity contribution in [1.82, 2.24) is 19.7 Å². The lowest BCUT2D eigenvalue weighted by Crippen LogP contribution is -2.39. The number of rotatable bonds is 7. The lowest BCUT2D eigenvalue weighted by Gasteiger charge is -2.24. The second-order valence-corrected chi connectivity index (χ2v) is 7.76. The highest BCUT2D eigenvalue weighted by atomic mass is 35.5. The molecule has 0 radical (unpaired) electrons. The van der Waals surface area contributed by atoms with Gasteiger partial charge in [0.05, 0.1) is 10.2 Å². The molecule has 0 aliphatic heterocycles. The van der Waals surface area contributed by atoms with Crippen molar-refractivity contribution in [1.29, 1.82) is 0 Å². The highest BCUT2D eigenvalue weighted by molar-refractivity contribution is 7.22. The molecule has 0 bridgehead atoms. The summed E-state index contributed by atoms with van der Waals surface area (Å²) in [5.41, 5.74) is 2.34. The average Bonchev–Trinajstić information content (AvgIpc) is 3.28. The van der Waals surface area contributed by atoms with Crippen molar-refractivity contribution in [3.8, 4) is 0 Å². The summed E-state index contributed by atoms with van der Waals surface area (Å²) in [5, 5.41) is 5.51. The molecule has 0 unspecified atom stereocenters. The van der Waals surface area contributed by atoms with Crippen molar-refractivity contribution in [3.05, 3.63) is 40.7 Å². The summed E-state index contributed by atoms with van der Waals surface area (Å²) in [6.45, 7) is 9.44. The molecule has 0 aliphatic rings. The smallest absolute Gasteiger partial charge is 0.278 e. The maximum absolute atomic E-state index is 13.2. The largest absolute Gasteiger partial charge is 0.302 e. The quantitative estimate of drug-likeness (QED) is 0.596. The van der Waals surface area contributed by atoms with Gasteiger partial charge >= 0.3 is 0 Å². The molecule has 8 heteroatoms. The minimum absolute atomic E-state index is 0.0926. The van der Waals surface area contributed by atoms with Gasteiger partial charge in [-0.2, -0.15) is 5.10 Å². The molecule has 1 amide bonds. The number of carbonyl (C=O) groups excluding carboxylic acids is 1. The van der Waals surface area contributed by atoms with Gasteiger partial charge in [-0.25, -0.2) is 4.98 Å². The van der Waals surface area contributed by atoms with Gasteiger partial charge in [-0.15, -0.1) is 0 Å². The van der Waals surface area contributed by atoms with Crippen molar-refractivity contribution in [2.24, 2.45) is 7.05 Å². The summed E-state index contributed by atoms with van der Waals surface area (Å²) in [6.07, 6.45) is 1.64. The third-order valence-corrected chi connectivity index (χ3v) is 6.24. The Balaban J connectivity index is 1.99. The van der Waals surface area contributed by atoms with Crippen molar-refractivity contribution < 1.29 is 4.79 Å². The number of benzene rings is 1. The molecule has 0 fully saturated rings. The number of thiazole rings is 1. The zero-order valence-corrected chi connectivity index (χ0v) is 17.6. The minimum Gasteiger partial charge on any atom is -0.302 e. The summed E-state index contributed by atoms with van der Waals surface area (Å²) < 4.78 is 2.62. The van der Waals surface area contributed by atoms with Crippen LogP contribution in [-0.4, -0.2) is 51.8 Å². The van der Waals surface area contributed by atoms with E-state index >= 15 is 0 Å². The summed E-state index contributed by atoms with van der Waals surface area (Å²) >= 11 is 7.76. The van der Waals surface area contributed by atoms with Gasteiger partial charge in [0.15, 0.2) is 5.13 Å². The predicted molar refractivity (Wildman–Crippen MR) is 112 cm³/mol. The van der Waals surface area contributed by atoms with Gasteiger partial charge in [-0.05, 0) is 43.8 Å². The fraction of sp³-hybridized carbons (Fsp3) is 0.421. The van der Waals surface area contributed by atoms with Crippen LogP contribution < -0.4 is 4.90 Å². The van der Waals surface area contributed by atoms with E-state index in [2.05, 4.69) is 23.8 Å². The Morgan fingerprint density at radius 3 is 2.59 bits per heavy atom. The molecule has 1 aromatic carbocycles. The van der Waals surface area contributed by atoms with Gasteiger partial charge in [0.2, 0.25) is 0 Å². The Bertz CT molecular complexity index is 947. The number of aryl methyl sites for hydroxylation is 2. The summed E-state index contributed by atoms with van der Waals surface area (Å²) in [7, 11) is 1.78. The molecule has 6 nitrogen and oxygen atoms in total. The zero-order valence-electron chi connectivity index (χ0n) is 16.1. The second kappa shape index (κ2) is 8.37. The van der Waals surface area contributed by atoms with Crippen molar-refractivity contribution >= 4 is 44.2 Å². The zero-order chi connectivity index (χ0) is 19.6. The maximum Gasteiger partial charge on any atom is 0.278 e. The Hall–Kier alpha value is -1.96. The fourth-order valence-corrected chi connectivity index (χ4v) is 4.19. The number of nitrogens with zero attached hydrogens (tertiary/aromatic N) is 5. The van der Waals surface area contributed by atoms with Crippen LogP contribution in [0.5, 0.6) is 0 Å². The molecule has 0 N–H and O–H groups in total. The van der Waals surface area contributed by atoms with E-state index in [9.17, 15) is 4.79 Å². The number of anilines is 1. The molecular weight excluding hydrogens is 382 g/mol. The first-order chi connectivity index (χ1) is 13.0. The topological polar surface area (TPSA) is 54.3 Å². The predicted octanol–water partition coefficient (Wildman–Crippen LogP) is 3.98. The van der Waals surface area contributed by atoms with Crippen molar-refractivity contribution in [2.75, 3.05) is 31.1 Å². The van der Waals surface area contributed by atoms with Crippen LogP contribution in [0.4, 0.5) is 5.13 Å².